The SMILES string of the molecule is Cn1cnnc1N1CCN(C(=O)Nc2ccc(OC3CCCC3)cc2)CC1. The number of nitrogens with one attached hydrogen (secondary N) is 1. The molecule has 0 atom stereocenters. The van der Waals surface area contributed by atoms with E-state index in [-0.39, 0.29) is 6.03 Å². The fraction of sp³-hybridized carbons (Fsp3) is 0.526. The standard InChI is InChI=1S/C19H26N6O2/c1-23-14-20-22-18(23)24-10-12-25(13-11-24)19(26)21-15-6-8-17(9-7-15)27-16-4-2-3-5-16/h6-9,14,16H,2-5,10-13H2,1H3,(H,21,26). The van der Waals surface area contributed by atoms with E-state index in [9.17, 15) is 4.79 Å². The maximum atomic E-state index is 12.5. The average Bonchev–Trinajstić information content (AvgIpc) is 3.35. The van der Waals surface area contributed by atoms with Gasteiger partial charge in [0.15, 0.2) is 0 Å². The molecule has 4 rings (SSSR count). The molecule has 2 amide bonds. The zero-order valence-electron chi connectivity index (χ0n) is 15.7. The number of aryl methyl sites for hydroxylation is 1. The van der Waals surface area contributed by atoms with E-state index in [4.69, 9.17) is 4.74 Å². The van der Waals surface area contributed by atoms with Gasteiger partial charge >= 0.3 is 6.03 Å². The molecule has 2 aromatic rings. The van der Waals surface area contributed by atoms with Gasteiger partial charge in [0.2, 0.25) is 5.95 Å². The summed E-state index contributed by atoms with van der Waals surface area (Å²) in [5.74, 6) is 1.71. The van der Waals surface area contributed by atoms with Crippen molar-refractivity contribution >= 4 is 17.7 Å². The van der Waals surface area contributed by atoms with Crippen molar-refractivity contribution in [3.05, 3.63) is 30.6 Å². The summed E-state index contributed by atoms with van der Waals surface area (Å²) in [5.41, 5.74) is 0.787. The maximum absolute atomic E-state index is 12.5. The van der Waals surface area contributed by atoms with Crippen LogP contribution in [0, 0.1) is 0 Å². The molecular formula is C19H26N6O2. The van der Waals surface area contributed by atoms with Crippen LogP contribution < -0.4 is 15.0 Å². The van der Waals surface area contributed by atoms with Crippen molar-refractivity contribution in [2.24, 2.45) is 7.05 Å². The Bertz CT molecular complexity index is 761. The fourth-order valence-electron chi connectivity index (χ4n) is 3.69. The summed E-state index contributed by atoms with van der Waals surface area (Å²) in [7, 11) is 1.93. The first-order valence-corrected chi connectivity index (χ1v) is 9.60. The molecule has 2 fully saturated rings. The van der Waals surface area contributed by atoms with Crippen LogP contribution in [0.2, 0.25) is 0 Å². The van der Waals surface area contributed by atoms with Crippen molar-refractivity contribution in [2.45, 2.75) is 31.8 Å². The minimum Gasteiger partial charge on any atom is -0.490 e. The highest BCUT2D eigenvalue weighted by atomic mass is 16.5. The normalized spacial score (nSPS) is 18.0. The molecule has 27 heavy (non-hydrogen) atoms. The number of benzene rings is 1. The van der Waals surface area contributed by atoms with Gasteiger partial charge in [-0.2, -0.15) is 0 Å². The Labute approximate surface area is 159 Å². The van der Waals surface area contributed by atoms with Gasteiger partial charge < -0.3 is 24.4 Å². The molecule has 8 heteroatoms. The predicted molar refractivity (Wildman–Crippen MR) is 103 cm³/mol. The van der Waals surface area contributed by atoms with E-state index < -0.39 is 0 Å². The van der Waals surface area contributed by atoms with Crippen LogP contribution in [0.4, 0.5) is 16.4 Å². The second-order valence-electron chi connectivity index (χ2n) is 7.19. The summed E-state index contributed by atoms with van der Waals surface area (Å²) in [6.45, 7) is 2.80. The topological polar surface area (TPSA) is 75.5 Å². The molecule has 2 heterocycles. The highest BCUT2D eigenvalue weighted by Gasteiger charge is 2.23. The number of ether oxygens (including phenoxy) is 1. The van der Waals surface area contributed by atoms with E-state index >= 15 is 0 Å². The first kappa shape index (κ1) is 17.6. The quantitative estimate of drug-likeness (QED) is 0.895. The molecular weight excluding hydrogens is 344 g/mol. The minimum atomic E-state index is -0.0722. The number of amides is 2. The molecule has 0 bridgehead atoms. The third-order valence-electron chi connectivity index (χ3n) is 5.25. The number of piperazine rings is 1. The Morgan fingerprint density at radius 1 is 1.11 bits per heavy atom. The monoisotopic (exact) mass is 370 g/mol. The number of carbonyl (C=O) groups is 1. The van der Waals surface area contributed by atoms with E-state index in [1.165, 1.54) is 12.8 Å². The number of aromatic nitrogens is 3. The van der Waals surface area contributed by atoms with Crippen LogP contribution in [0.15, 0.2) is 30.6 Å². The molecule has 1 aliphatic carbocycles. The van der Waals surface area contributed by atoms with Gasteiger partial charge in [-0.15, -0.1) is 10.2 Å². The van der Waals surface area contributed by atoms with E-state index in [0.29, 0.717) is 19.2 Å². The first-order valence-electron chi connectivity index (χ1n) is 9.60. The molecule has 0 radical (unpaired) electrons. The summed E-state index contributed by atoms with van der Waals surface area (Å²) in [4.78, 5) is 16.5. The Morgan fingerprint density at radius 2 is 1.81 bits per heavy atom. The number of urea groups is 1. The molecule has 1 aromatic heterocycles. The largest absolute Gasteiger partial charge is 0.490 e. The number of carbonyl (C=O) groups excluding carboxylic acids is 1. The number of hydrogen-bond donors (Lipinski definition) is 1. The van der Waals surface area contributed by atoms with Gasteiger partial charge in [0.1, 0.15) is 12.1 Å². The van der Waals surface area contributed by atoms with Crippen LogP contribution in [0.5, 0.6) is 5.75 Å². The summed E-state index contributed by atoms with van der Waals surface area (Å²) in [6, 6.07) is 7.59. The molecule has 1 aromatic carbocycles. The van der Waals surface area contributed by atoms with Crippen molar-refractivity contribution in [1.82, 2.24) is 19.7 Å². The van der Waals surface area contributed by atoms with Crippen LogP contribution in [0.3, 0.4) is 0 Å². The van der Waals surface area contributed by atoms with Gasteiger partial charge in [-0.1, -0.05) is 0 Å². The molecule has 1 saturated heterocycles. The Kier molecular flexibility index (Phi) is 5.13. The van der Waals surface area contributed by atoms with Crippen molar-refractivity contribution in [3.8, 4) is 5.75 Å². The highest BCUT2D eigenvalue weighted by Crippen LogP contribution is 2.25. The zero-order chi connectivity index (χ0) is 18.6. The lowest BCUT2D eigenvalue weighted by atomic mass is 10.2. The van der Waals surface area contributed by atoms with Crippen molar-refractivity contribution in [1.29, 1.82) is 0 Å². The second-order valence-corrected chi connectivity index (χ2v) is 7.19. The number of rotatable bonds is 4. The fourth-order valence-corrected chi connectivity index (χ4v) is 3.69. The van der Waals surface area contributed by atoms with E-state index in [0.717, 1.165) is 43.3 Å². The Hall–Kier alpha value is -2.77. The zero-order valence-corrected chi connectivity index (χ0v) is 15.7. The molecule has 0 spiro atoms. The van der Waals surface area contributed by atoms with Crippen LogP contribution >= 0.6 is 0 Å². The van der Waals surface area contributed by atoms with Gasteiger partial charge in [0, 0.05) is 38.9 Å². The van der Waals surface area contributed by atoms with Gasteiger partial charge in [0.05, 0.1) is 6.10 Å². The highest BCUT2D eigenvalue weighted by molar-refractivity contribution is 5.89. The Morgan fingerprint density at radius 3 is 2.44 bits per heavy atom. The molecule has 8 nitrogen and oxygen atoms in total. The van der Waals surface area contributed by atoms with E-state index in [1.54, 1.807) is 6.33 Å². The summed E-state index contributed by atoms with van der Waals surface area (Å²) in [6.07, 6.45) is 6.81. The lowest BCUT2D eigenvalue weighted by molar-refractivity contribution is 0.207. The Balaban J connectivity index is 1.27. The second kappa shape index (κ2) is 7.85. The molecule has 2 aliphatic rings. The van der Waals surface area contributed by atoms with Crippen LogP contribution in [-0.2, 0) is 7.05 Å². The van der Waals surface area contributed by atoms with E-state index in [2.05, 4.69) is 20.4 Å². The van der Waals surface area contributed by atoms with Gasteiger partial charge in [-0.05, 0) is 49.9 Å². The van der Waals surface area contributed by atoms with Crippen molar-refractivity contribution < 1.29 is 9.53 Å². The van der Waals surface area contributed by atoms with Crippen LogP contribution in [-0.4, -0.2) is 58.0 Å². The molecule has 1 N–H and O–H groups in total. The van der Waals surface area contributed by atoms with Gasteiger partial charge in [0.25, 0.3) is 0 Å². The average molecular weight is 370 g/mol. The smallest absolute Gasteiger partial charge is 0.321 e. The van der Waals surface area contributed by atoms with E-state index in [1.807, 2.05) is 40.8 Å². The van der Waals surface area contributed by atoms with Crippen molar-refractivity contribution in [3.63, 3.8) is 0 Å². The number of anilines is 2. The summed E-state index contributed by atoms with van der Waals surface area (Å²) >= 11 is 0. The number of nitrogens with zero attached hydrogens (tertiary/aromatic N) is 5. The summed E-state index contributed by atoms with van der Waals surface area (Å²) in [5, 5.41) is 11.0. The molecule has 144 valence electrons. The van der Waals surface area contributed by atoms with Crippen LogP contribution in [0.25, 0.3) is 0 Å². The molecule has 0 unspecified atom stereocenters. The third kappa shape index (κ3) is 4.15. The maximum Gasteiger partial charge on any atom is 0.321 e. The lowest BCUT2D eigenvalue weighted by Gasteiger charge is -2.34. The lowest BCUT2D eigenvalue weighted by Crippen LogP contribution is -2.50. The van der Waals surface area contributed by atoms with Crippen molar-refractivity contribution in [2.75, 3.05) is 36.4 Å². The van der Waals surface area contributed by atoms with Gasteiger partial charge in [-0.3, -0.25) is 0 Å². The van der Waals surface area contributed by atoms with Crippen LogP contribution in [0.1, 0.15) is 25.7 Å². The molecule has 1 saturated carbocycles. The predicted octanol–water partition coefficient (Wildman–Crippen LogP) is 2.49. The van der Waals surface area contributed by atoms with Gasteiger partial charge in [-0.25, -0.2) is 4.79 Å². The minimum absolute atomic E-state index is 0.0722. The number of hydrogen-bond acceptors (Lipinski definition) is 5. The molecule has 1 aliphatic heterocycles. The summed E-state index contributed by atoms with van der Waals surface area (Å²) < 4.78 is 7.86. The third-order valence-corrected chi connectivity index (χ3v) is 5.25. The first-order chi connectivity index (χ1) is 13.2.